The van der Waals surface area contributed by atoms with Gasteiger partial charge in [-0.3, -0.25) is 9.78 Å². The van der Waals surface area contributed by atoms with Crippen LogP contribution >= 0.6 is 0 Å². The molecule has 2 aromatic rings. The van der Waals surface area contributed by atoms with Crippen LogP contribution in [0.5, 0.6) is 0 Å². The normalized spacial score (nSPS) is 24.2. The number of amides is 1. The number of hydrogen-bond donors (Lipinski definition) is 0. The molecule has 29 heavy (non-hydrogen) atoms. The van der Waals surface area contributed by atoms with Crippen LogP contribution in [-0.4, -0.2) is 53.7 Å². The summed E-state index contributed by atoms with van der Waals surface area (Å²) in [5.74, 6) is -0.118. The number of esters is 1. The minimum absolute atomic E-state index is 0.0175. The number of aryl methyl sites for hydroxylation is 1. The Morgan fingerprint density at radius 1 is 1.17 bits per heavy atom. The number of pyridine rings is 1. The fraction of sp³-hybridized carbons (Fsp3) is 0.522. The Labute approximate surface area is 171 Å². The zero-order valence-corrected chi connectivity index (χ0v) is 17.3. The zero-order chi connectivity index (χ0) is 20.5. The molecule has 6 heteroatoms. The minimum Gasteiger partial charge on any atom is -0.452 e. The van der Waals surface area contributed by atoms with Crippen molar-refractivity contribution in [1.82, 2.24) is 9.88 Å². The predicted octanol–water partition coefficient (Wildman–Crippen LogP) is 3.15. The van der Waals surface area contributed by atoms with E-state index in [0.29, 0.717) is 24.6 Å². The van der Waals surface area contributed by atoms with Crippen LogP contribution in [0.15, 0.2) is 24.3 Å². The van der Waals surface area contributed by atoms with Crippen LogP contribution in [0.4, 0.5) is 0 Å². The summed E-state index contributed by atoms with van der Waals surface area (Å²) in [4.78, 5) is 32.2. The molecule has 0 saturated carbocycles. The summed E-state index contributed by atoms with van der Waals surface area (Å²) in [6, 6.07) is 7.66. The summed E-state index contributed by atoms with van der Waals surface area (Å²) in [6.45, 7) is 6.87. The van der Waals surface area contributed by atoms with Gasteiger partial charge in [0.2, 0.25) is 0 Å². The van der Waals surface area contributed by atoms with E-state index >= 15 is 0 Å². The summed E-state index contributed by atoms with van der Waals surface area (Å²) in [5, 5.41) is 0.798. The van der Waals surface area contributed by atoms with Gasteiger partial charge in [-0.25, -0.2) is 4.79 Å². The third kappa shape index (κ3) is 4.13. The smallest absolute Gasteiger partial charge is 0.339 e. The SMILES string of the molecule is C[C@@H]1CCc2nc3ccccc3c(C(=O)OCC(=O)N3C[C@@H](C)O[C@@H](C)C3)c2C1. The lowest BCUT2D eigenvalue weighted by molar-refractivity contribution is -0.146. The number of carbonyl (C=O) groups is 2. The molecule has 2 aliphatic rings. The number of rotatable bonds is 3. The number of ether oxygens (including phenoxy) is 2. The Balaban J connectivity index is 1.57. The van der Waals surface area contributed by atoms with E-state index < -0.39 is 5.97 Å². The first kappa shape index (κ1) is 19.8. The van der Waals surface area contributed by atoms with E-state index in [1.165, 1.54) is 0 Å². The van der Waals surface area contributed by atoms with E-state index in [1.807, 2.05) is 38.1 Å². The van der Waals surface area contributed by atoms with Gasteiger partial charge in [0.25, 0.3) is 5.91 Å². The van der Waals surface area contributed by atoms with E-state index in [-0.39, 0.29) is 24.7 Å². The van der Waals surface area contributed by atoms with E-state index in [2.05, 4.69) is 6.92 Å². The molecule has 2 heterocycles. The highest BCUT2D eigenvalue weighted by molar-refractivity contribution is 6.05. The van der Waals surface area contributed by atoms with Crippen molar-refractivity contribution in [3.63, 3.8) is 0 Å². The second-order valence-corrected chi connectivity index (χ2v) is 8.41. The van der Waals surface area contributed by atoms with E-state index in [9.17, 15) is 9.59 Å². The van der Waals surface area contributed by atoms with Gasteiger partial charge in [0, 0.05) is 24.2 Å². The Morgan fingerprint density at radius 3 is 2.66 bits per heavy atom. The number of para-hydroxylation sites is 1. The molecule has 1 aliphatic heterocycles. The molecule has 0 unspecified atom stereocenters. The van der Waals surface area contributed by atoms with Gasteiger partial charge in [-0.05, 0) is 50.7 Å². The molecule has 1 aromatic carbocycles. The molecule has 3 atom stereocenters. The minimum atomic E-state index is -0.434. The third-order valence-electron chi connectivity index (χ3n) is 5.81. The predicted molar refractivity (Wildman–Crippen MR) is 110 cm³/mol. The second-order valence-electron chi connectivity index (χ2n) is 8.41. The Kier molecular flexibility index (Phi) is 5.54. The molecule has 4 rings (SSSR count). The molecular formula is C23H28N2O4. The first-order valence-electron chi connectivity index (χ1n) is 10.4. The summed E-state index contributed by atoms with van der Waals surface area (Å²) in [5.41, 5.74) is 3.34. The molecule has 0 N–H and O–H groups in total. The number of carbonyl (C=O) groups excluding carboxylic acids is 2. The maximum Gasteiger partial charge on any atom is 0.339 e. The van der Waals surface area contributed by atoms with Crippen molar-refractivity contribution in [3.05, 3.63) is 41.1 Å². The van der Waals surface area contributed by atoms with Gasteiger partial charge in [0.05, 0.1) is 23.3 Å². The summed E-state index contributed by atoms with van der Waals surface area (Å²) >= 11 is 0. The monoisotopic (exact) mass is 396 g/mol. The maximum atomic E-state index is 13.1. The highest BCUT2D eigenvalue weighted by Crippen LogP contribution is 2.32. The van der Waals surface area contributed by atoms with Gasteiger partial charge in [-0.15, -0.1) is 0 Å². The van der Waals surface area contributed by atoms with E-state index in [4.69, 9.17) is 14.5 Å². The van der Waals surface area contributed by atoms with Crippen LogP contribution in [0.1, 0.15) is 48.8 Å². The van der Waals surface area contributed by atoms with Crippen LogP contribution in [0, 0.1) is 5.92 Å². The van der Waals surface area contributed by atoms with Crippen molar-refractivity contribution in [2.45, 2.75) is 52.2 Å². The molecule has 1 amide bonds. The second kappa shape index (κ2) is 8.11. The van der Waals surface area contributed by atoms with Gasteiger partial charge >= 0.3 is 5.97 Å². The largest absolute Gasteiger partial charge is 0.452 e. The summed E-state index contributed by atoms with van der Waals surface area (Å²) < 4.78 is 11.2. The number of nitrogens with zero attached hydrogens (tertiary/aromatic N) is 2. The standard InChI is InChI=1S/C23H28N2O4/c1-14-8-9-20-18(10-14)22(17-6-4-5-7-19(17)24-20)23(27)28-13-21(26)25-11-15(2)29-16(3)12-25/h4-7,14-16H,8-13H2,1-3H3/t14-,15-,16+/m1/s1. The molecule has 0 spiro atoms. The van der Waals surface area contributed by atoms with E-state index in [1.54, 1.807) is 4.90 Å². The van der Waals surface area contributed by atoms with Crippen molar-refractivity contribution in [3.8, 4) is 0 Å². The number of benzene rings is 1. The number of aromatic nitrogens is 1. The molecule has 6 nitrogen and oxygen atoms in total. The fourth-order valence-electron chi connectivity index (χ4n) is 4.47. The molecule has 1 aromatic heterocycles. The molecule has 154 valence electrons. The lowest BCUT2D eigenvalue weighted by Crippen LogP contribution is -2.49. The summed E-state index contributed by atoms with van der Waals surface area (Å²) in [7, 11) is 0. The third-order valence-corrected chi connectivity index (χ3v) is 5.81. The molecular weight excluding hydrogens is 368 g/mol. The first-order chi connectivity index (χ1) is 13.9. The highest BCUT2D eigenvalue weighted by Gasteiger charge is 2.29. The Hall–Kier alpha value is -2.47. The Bertz CT molecular complexity index is 932. The van der Waals surface area contributed by atoms with Crippen molar-refractivity contribution in [2.24, 2.45) is 5.92 Å². The molecule has 1 fully saturated rings. The topological polar surface area (TPSA) is 68.7 Å². The lowest BCUT2D eigenvalue weighted by Gasteiger charge is -2.35. The first-order valence-corrected chi connectivity index (χ1v) is 10.4. The average Bonchev–Trinajstić information content (AvgIpc) is 2.69. The van der Waals surface area contributed by atoms with Crippen LogP contribution in [0.2, 0.25) is 0 Å². The molecule has 1 saturated heterocycles. The quantitative estimate of drug-likeness (QED) is 0.746. The Morgan fingerprint density at radius 2 is 1.90 bits per heavy atom. The zero-order valence-electron chi connectivity index (χ0n) is 17.3. The van der Waals surface area contributed by atoms with Gasteiger partial charge in [0.15, 0.2) is 6.61 Å². The lowest BCUT2D eigenvalue weighted by atomic mass is 9.84. The van der Waals surface area contributed by atoms with Crippen LogP contribution in [-0.2, 0) is 27.1 Å². The van der Waals surface area contributed by atoms with Gasteiger partial charge in [-0.1, -0.05) is 25.1 Å². The van der Waals surface area contributed by atoms with Crippen molar-refractivity contribution >= 4 is 22.8 Å². The van der Waals surface area contributed by atoms with Gasteiger partial charge in [-0.2, -0.15) is 0 Å². The van der Waals surface area contributed by atoms with Crippen molar-refractivity contribution in [1.29, 1.82) is 0 Å². The summed E-state index contributed by atoms with van der Waals surface area (Å²) in [6.07, 6.45) is 2.71. The molecule has 0 bridgehead atoms. The van der Waals surface area contributed by atoms with Gasteiger partial charge in [0.1, 0.15) is 0 Å². The van der Waals surface area contributed by atoms with Crippen LogP contribution in [0.3, 0.4) is 0 Å². The number of morpholine rings is 1. The number of hydrogen-bond acceptors (Lipinski definition) is 5. The fourth-order valence-corrected chi connectivity index (χ4v) is 4.47. The molecule has 1 aliphatic carbocycles. The van der Waals surface area contributed by atoms with Crippen LogP contribution in [0.25, 0.3) is 10.9 Å². The van der Waals surface area contributed by atoms with Crippen LogP contribution < -0.4 is 0 Å². The highest BCUT2D eigenvalue weighted by atomic mass is 16.5. The van der Waals surface area contributed by atoms with E-state index in [0.717, 1.165) is 41.4 Å². The van der Waals surface area contributed by atoms with Gasteiger partial charge < -0.3 is 14.4 Å². The molecule has 0 radical (unpaired) electrons. The number of fused-ring (bicyclic) bond motifs is 2. The average molecular weight is 396 g/mol. The van der Waals surface area contributed by atoms with Crippen molar-refractivity contribution < 1.29 is 19.1 Å². The van der Waals surface area contributed by atoms with Crippen molar-refractivity contribution in [2.75, 3.05) is 19.7 Å². The maximum absolute atomic E-state index is 13.1.